The molecule has 1 aliphatic rings. The van der Waals surface area contributed by atoms with Crippen LogP contribution in [0.5, 0.6) is 0 Å². The fourth-order valence-corrected chi connectivity index (χ4v) is 4.64. The van der Waals surface area contributed by atoms with Crippen LogP contribution in [0.25, 0.3) is 0 Å². The zero-order valence-electron chi connectivity index (χ0n) is 17.9. The number of carboxylic acid groups (broad SMARTS) is 1. The van der Waals surface area contributed by atoms with Gasteiger partial charge in [-0.05, 0) is 24.2 Å². The molecule has 0 unspecified atom stereocenters. The Morgan fingerprint density at radius 3 is 2.45 bits per heavy atom. The molecule has 1 aromatic heterocycles. The molecule has 9 nitrogen and oxygen atoms in total. The lowest BCUT2D eigenvalue weighted by Crippen LogP contribution is -2.65. The van der Waals surface area contributed by atoms with Gasteiger partial charge < -0.3 is 19.7 Å². The van der Waals surface area contributed by atoms with Gasteiger partial charge in [-0.1, -0.05) is 20.8 Å². The Balaban J connectivity index is 2.52. The van der Waals surface area contributed by atoms with Crippen LogP contribution in [0.3, 0.4) is 0 Å². The quantitative estimate of drug-likeness (QED) is 0.384. The minimum atomic E-state index is -4.72. The first kappa shape index (κ1) is 24.9. The van der Waals surface area contributed by atoms with Crippen LogP contribution in [0.1, 0.15) is 20.8 Å². The van der Waals surface area contributed by atoms with Gasteiger partial charge in [-0.3, -0.25) is 15.1 Å². The van der Waals surface area contributed by atoms with E-state index in [1.165, 1.54) is 17.2 Å². The summed E-state index contributed by atoms with van der Waals surface area (Å²) in [7, 11) is -2.71. The molecule has 0 saturated carbocycles. The van der Waals surface area contributed by atoms with E-state index >= 15 is 0 Å². The van der Waals surface area contributed by atoms with Gasteiger partial charge in [0.1, 0.15) is 11.9 Å². The third-order valence-corrected chi connectivity index (χ3v) is 10.4. The lowest BCUT2D eigenvalue weighted by atomic mass is 9.89. The highest BCUT2D eigenvalue weighted by molar-refractivity contribution is 6.74. The Labute approximate surface area is 178 Å². The molecule has 2 N–H and O–H groups in total. The average molecular weight is 465 g/mol. The number of nitro groups is 1. The molecule has 0 aliphatic carbocycles. The number of halogens is 3. The molecular weight excluding hydrogens is 437 g/mol. The van der Waals surface area contributed by atoms with Crippen LogP contribution in [0.15, 0.2) is 18.5 Å². The predicted molar refractivity (Wildman–Crippen MR) is 110 cm³/mol. The summed E-state index contributed by atoms with van der Waals surface area (Å²) in [5.74, 6) is -2.06. The lowest BCUT2D eigenvalue weighted by molar-refractivity contribution is -0.384. The third-order valence-electron chi connectivity index (χ3n) is 5.91. The molecule has 2 rings (SSSR count). The van der Waals surface area contributed by atoms with Crippen molar-refractivity contribution in [2.24, 2.45) is 5.92 Å². The molecule has 0 bridgehead atoms. The monoisotopic (exact) mass is 464 g/mol. The van der Waals surface area contributed by atoms with E-state index in [1.54, 1.807) is 13.1 Å². The molecule has 1 aromatic rings. The summed E-state index contributed by atoms with van der Waals surface area (Å²) in [6.45, 7) is 8.37. The molecule has 2 heterocycles. The number of piperidine rings is 1. The molecule has 0 radical (unpaired) electrons. The van der Waals surface area contributed by atoms with E-state index in [0.29, 0.717) is 0 Å². The van der Waals surface area contributed by atoms with Crippen LogP contribution in [-0.4, -0.2) is 60.8 Å². The van der Waals surface area contributed by atoms with Gasteiger partial charge in [-0.25, -0.2) is 4.79 Å². The number of nitrogens with one attached hydrogen (secondary N) is 1. The van der Waals surface area contributed by atoms with Gasteiger partial charge in [-0.15, -0.1) is 0 Å². The highest BCUT2D eigenvalue weighted by Gasteiger charge is 2.55. The molecule has 1 aliphatic heterocycles. The van der Waals surface area contributed by atoms with Gasteiger partial charge in [0.2, 0.25) is 0 Å². The van der Waals surface area contributed by atoms with Crippen molar-refractivity contribution in [3.63, 3.8) is 0 Å². The summed E-state index contributed by atoms with van der Waals surface area (Å²) >= 11 is 0. The molecule has 0 spiro atoms. The molecule has 1 amide bonds. The molecule has 1 fully saturated rings. The Kier molecular flexibility index (Phi) is 6.90. The minimum Gasteiger partial charge on any atom is -0.465 e. The maximum Gasteiger partial charge on any atom is 0.405 e. The van der Waals surface area contributed by atoms with Gasteiger partial charge in [0.05, 0.1) is 23.0 Å². The second-order valence-electron chi connectivity index (χ2n) is 9.07. The highest BCUT2D eigenvalue weighted by atomic mass is 28.4. The molecule has 1 saturated heterocycles. The number of amides is 1. The Morgan fingerprint density at radius 1 is 1.35 bits per heavy atom. The number of aromatic nitrogens is 1. The van der Waals surface area contributed by atoms with Crippen molar-refractivity contribution in [3.8, 4) is 0 Å². The van der Waals surface area contributed by atoms with Crippen molar-refractivity contribution in [1.82, 2.24) is 10.3 Å². The number of rotatable bonds is 5. The Hall–Kier alpha value is -2.41. The highest BCUT2D eigenvalue weighted by Crippen LogP contribution is 2.43. The standard InChI is InChI=1S/C18H27F3N4O5Si/c1-17(2,3)31(4,5)30-15-11(18(19,20)21)9-24(10-12(15)23-16(26)27)13-6-7-22-8-14(13)25(28)29/h6-8,11-12,15,23H,9-10H2,1-5H3,(H,26,27)/t11-,12+,15+/m0/s1. The van der Waals surface area contributed by atoms with Crippen LogP contribution in [0, 0.1) is 16.0 Å². The largest absolute Gasteiger partial charge is 0.465 e. The molecular formula is C18H27F3N4O5Si. The average Bonchev–Trinajstić information content (AvgIpc) is 2.60. The molecule has 3 atom stereocenters. The van der Waals surface area contributed by atoms with E-state index < -0.39 is 60.8 Å². The van der Waals surface area contributed by atoms with Crippen LogP contribution in [-0.2, 0) is 4.43 Å². The summed E-state index contributed by atoms with van der Waals surface area (Å²) in [6.07, 6.45) is -5.49. The van der Waals surface area contributed by atoms with E-state index in [0.717, 1.165) is 6.20 Å². The van der Waals surface area contributed by atoms with E-state index in [2.05, 4.69) is 10.3 Å². The fourth-order valence-electron chi connectivity index (χ4n) is 3.28. The second kappa shape index (κ2) is 8.61. The molecule has 174 valence electrons. The maximum atomic E-state index is 14.1. The Morgan fingerprint density at radius 2 is 1.97 bits per heavy atom. The summed E-state index contributed by atoms with van der Waals surface area (Å²) in [4.78, 5) is 26.8. The lowest BCUT2D eigenvalue weighted by Gasteiger charge is -2.49. The zero-order chi connectivity index (χ0) is 23.8. The number of hydrogen-bond acceptors (Lipinski definition) is 6. The molecule has 31 heavy (non-hydrogen) atoms. The first-order valence-corrected chi connectivity index (χ1v) is 12.5. The fraction of sp³-hybridized carbons (Fsp3) is 0.667. The van der Waals surface area contributed by atoms with E-state index in [1.807, 2.05) is 20.8 Å². The number of hydrogen-bond donors (Lipinski definition) is 2. The number of pyridine rings is 1. The summed E-state index contributed by atoms with van der Waals surface area (Å²) in [5.41, 5.74) is -0.515. The van der Waals surface area contributed by atoms with Crippen LogP contribution >= 0.6 is 0 Å². The van der Waals surface area contributed by atoms with Crippen LogP contribution < -0.4 is 10.2 Å². The van der Waals surface area contributed by atoms with Crippen molar-refractivity contribution in [1.29, 1.82) is 0 Å². The van der Waals surface area contributed by atoms with Crippen molar-refractivity contribution >= 4 is 25.8 Å². The third kappa shape index (κ3) is 5.64. The second-order valence-corrected chi connectivity index (χ2v) is 13.8. The van der Waals surface area contributed by atoms with Gasteiger partial charge in [0, 0.05) is 19.3 Å². The van der Waals surface area contributed by atoms with Crippen molar-refractivity contribution in [2.45, 2.75) is 57.2 Å². The zero-order valence-corrected chi connectivity index (χ0v) is 18.9. The first-order valence-electron chi connectivity index (χ1n) is 9.62. The van der Waals surface area contributed by atoms with Crippen molar-refractivity contribution in [3.05, 3.63) is 28.6 Å². The van der Waals surface area contributed by atoms with E-state index in [4.69, 9.17) is 4.43 Å². The van der Waals surface area contributed by atoms with E-state index in [9.17, 15) is 33.2 Å². The molecule has 0 aromatic carbocycles. The topological polar surface area (TPSA) is 118 Å². The predicted octanol–water partition coefficient (Wildman–Crippen LogP) is 4.01. The maximum absolute atomic E-state index is 14.1. The summed E-state index contributed by atoms with van der Waals surface area (Å²) < 4.78 is 48.4. The van der Waals surface area contributed by atoms with Crippen molar-refractivity contribution < 1.29 is 32.4 Å². The number of carbonyl (C=O) groups is 1. The SMILES string of the molecule is CC(C)(C)[Si](C)(C)O[C@H]1[C@H](NC(=O)O)CN(c2ccncc2[N+](=O)[O-])C[C@@H]1C(F)(F)F. The van der Waals surface area contributed by atoms with Gasteiger partial charge in [0.15, 0.2) is 8.32 Å². The summed E-state index contributed by atoms with van der Waals surface area (Å²) in [5, 5.41) is 22.3. The van der Waals surface area contributed by atoms with Crippen LogP contribution in [0.4, 0.5) is 29.3 Å². The van der Waals surface area contributed by atoms with Gasteiger partial charge >= 0.3 is 18.0 Å². The smallest absolute Gasteiger partial charge is 0.405 e. The first-order chi connectivity index (χ1) is 14.0. The number of anilines is 1. The molecule has 13 heteroatoms. The number of nitrogens with zero attached hydrogens (tertiary/aromatic N) is 3. The van der Waals surface area contributed by atoms with Crippen LogP contribution in [0.2, 0.25) is 18.1 Å². The summed E-state index contributed by atoms with van der Waals surface area (Å²) in [6, 6.07) is -0.00178. The van der Waals surface area contributed by atoms with E-state index in [-0.39, 0.29) is 12.2 Å². The van der Waals surface area contributed by atoms with Gasteiger partial charge in [-0.2, -0.15) is 13.2 Å². The normalized spacial score (nSPS) is 22.8. The minimum absolute atomic E-state index is 0.0581. The van der Waals surface area contributed by atoms with Gasteiger partial charge in [0.25, 0.3) is 0 Å². The Bertz CT molecular complexity index is 831. The number of alkyl halides is 3. The van der Waals surface area contributed by atoms with Crippen molar-refractivity contribution in [2.75, 3.05) is 18.0 Å².